The van der Waals surface area contributed by atoms with Crippen LogP contribution in [0.25, 0.3) is 21.8 Å². The molecule has 1 saturated heterocycles. The van der Waals surface area contributed by atoms with Gasteiger partial charge in [0.05, 0.1) is 21.5 Å². The van der Waals surface area contributed by atoms with E-state index in [0.717, 1.165) is 27.5 Å². The van der Waals surface area contributed by atoms with Gasteiger partial charge in [-0.1, -0.05) is 30.0 Å². The zero-order valence-corrected chi connectivity index (χ0v) is 21.9. The fraction of sp³-hybridized carbons (Fsp3) is 0.138. The number of rotatable bonds is 4. The molecule has 1 atom stereocenters. The lowest BCUT2D eigenvalue weighted by atomic mass is 9.99. The number of hydrogen-bond acceptors (Lipinski definition) is 7. The van der Waals surface area contributed by atoms with Crippen LogP contribution >= 0.6 is 0 Å². The summed E-state index contributed by atoms with van der Waals surface area (Å²) in [6.45, 7) is 3.71. The summed E-state index contributed by atoms with van der Waals surface area (Å²) in [5.74, 6) is 6.70. The molecule has 2 aromatic heterocycles. The minimum atomic E-state index is -3.72. The van der Waals surface area contributed by atoms with Gasteiger partial charge in [-0.25, -0.2) is 27.2 Å². The predicted octanol–water partition coefficient (Wildman–Crippen LogP) is 4.80. The fourth-order valence-electron chi connectivity index (χ4n) is 4.45. The number of nitrogens with zero attached hydrogens (tertiary/aromatic N) is 3. The first-order valence-corrected chi connectivity index (χ1v) is 13.6. The van der Waals surface area contributed by atoms with Crippen LogP contribution in [-0.4, -0.2) is 40.1 Å². The first-order chi connectivity index (χ1) is 18.7. The molecule has 3 heterocycles. The topological polar surface area (TPSA) is 115 Å². The van der Waals surface area contributed by atoms with Crippen molar-refractivity contribution in [3.63, 3.8) is 0 Å². The Hall–Kier alpha value is -4.88. The molecule has 0 aliphatic carbocycles. The van der Waals surface area contributed by atoms with Crippen LogP contribution in [-0.2, 0) is 14.8 Å². The highest BCUT2D eigenvalue weighted by atomic mass is 32.2. The van der Waals surface area contributed by atoms with Gasteiger partial charge in [0.2, 0.25) is 0 Å². The van der Waals surface area contributed by atoms with Crippen LogP contribution in [0, 0.1) is 11.8 Å². The van der Waals surface area contributed by atoms with E-state index in [0.29, 0.717) is 11.3 Å². The third-order valence-corrected chi connectivity index (χ3v) is 8.21. The molecule has 1 unspecified atom stereocenters. The SMILES string of the molecule is CC1(C)NC(=O)OC1C#Cc1ccc2ncnc(Nc3ccc4c(ccn4S(=O)(=O)c4ccccc4)c3)c2c1. The maximum atomic E-state index is 13.1. The first kappa shape index (κ1) is 24.5. The third-order valence-electron chi connectivity index (χ3n) is 6.50. The standard InChI is InChI=1S/C29H23N5O4S/c1-29(2)26(38-28(35)33-29)13-9-19-8-11-24-23(16-19)27(31-18-30-24)32-21-10-12-25-20(17-21)14-15-34(25)39(36,37)22-6-4-3-5-7-22/h3-8,10-12,14-18,26H,1-2H3,(H,33,35)(H,30,31,32). The van der Waals surface area contributed by atoms with Crippen molar-refractivity contribution in [3.05, 3.63) is 90.9 Å². The molecule has 194 valence electrons. The van der Waals surface area contributed by atoms with Gasteiger partial charge < -0.3 is 15.4 Å². The number of aromatic nitrogens is 3. The Morgan fingerprint density at radius 3 is 2.62 bits per heavy atom. The van der Waals surface area contributed by atoms with Crippen LogP contribution in [0.5, 0.6) is 0 Å². The number of anilines is 2. The van der Waals surface area contributed by atoms with Gasteiger partial charge in [-0.3, -0.25) is 0 Å². The van der Waals surface area contributed by atoms with Gasteiger partial charge in [0, 0.05) is 28.2 Å². The number of hydrogen-bond donors (Lipinski definition) is 2. The summed E-state index contributed by atoms with van der Waals surface area (Å²) in [5.41, 5.74) is 2.17. The van der Waals surface area contributed by atoms with Gasteiger partial charge in [-0.15, -0.1) is 0 Å². The molecule has 6 rings (SSSR count). The van der Waals surface area contributed by atoms with Gasteiger partial charge >= 0.3 is 6.09 Å². The molecule has 5 aromatic rings. The normalized spacial score (nSPS) is 16.4. The molecular weight excluding hydrogens is 514 g/mol. The zero-order valence-electron chi connectivity index (χ0n) is 21.0. The van der Waals surface area contributed by atoms with E-state index in [-0.39, 0.29) is 4.90 Å². The number of ether oxygens (including phenoxy) is 1. The molecular formula is C29H23N5O4S. The average Bonchev–Trinajstić information content (AvgIpc) is 3.47. The quantitative estimate of drug-likeness (QED) is 0.316. The van der Waals surface area contributed by atoms with Crippen molar-refractivity contribution >= 4 is 49.4 Å². The summed E-state index contributed by atoms with van der Waals surface area (Å²) in [4.78, 5) is 20.6. The minimum Gasteiger partial charge on any atom is -0.430 e. The Balaban J connectivity index is 1.31. The Labute approximate surface area is 224 Å². The lowest BCUT2D eigenvalue weighted by Gasteiger charge is -2.18. The van der Waals surface area contributed by atoms with Gasteiger partial charge in [0.1, 0.15) is 12.1 Å². The molecule has 0 spiro atoms. The largest absolute Gasteiger partial charge is 0.430 e. The monoisotopic (exact) mass is 537 g/mol. The number of amides is 1. The summed E-state index contributed by atoms with van der Waals surface area (Å²) in [6.07, 6.45) is 1.97. The van der Waals surface area contributed by atoms with Crippen molar-refractivity contribution in [3.8, 4) is 11.8 Å². The highest BCUT2D eigenvalue weighted by Gasteiger charge is 2.40. The molecule has 3 aromatic carbocycles. The second kappa shape index (κ2) is 9.15. The number of carbonyl (C=O) groups is 1. The van der Waals surface area contributed by atoms with Crippen LogP contribution in [0.2, 0.25) is 0 Å². The van der Waals surface area contributed by atoms with Crippen LogP contribution < -0.4 is 10.6 Å². The molecule has 1 amide bonds. The minimum absolute atomic E-state index is 0.224. The van der Waals surface area contributed by atoms with E-state index in [4.69, 9.17) is 4.74 Å². The van der Waals surface area contributed by atoms with Gasteiger partial charge in [0.15, 0.2) is 6.10 Å². The first-order valence-electron chi connectivity index (χ1n) is 12.1. The van der Waals surface area contributed by atoms with Gasteiger partial charge in [0.25, 0.3) is 10.0 Å². The van der Waals surface area contributed by atoms with E-state index in [2.05, 4.69) is 32.4 Å². The van der Waals surface area contributed by atoms with E-state index in [9.17, 15) is 13.2 Å². The Bertz CT molecular complexity index is 1920. The van der Waals surface area contributed by atoms with Crippen molar-refractivity contribution in [2.45, 2.75) is 30.4 Å². The van der Waals surface area contributed by atoms with Crippen LogP contribution in [0.4, 0.5) is 16.3 Å². The number of nitrogens with one attached hydrogen (secondary N) is 2. The highest BCUT2D eigenvalue weighted by molar-refractivity contribution is 7.90. The van der Waals surface area contributed by atoms with E-state index in [1.807, 2.05) is 38.1 Å². The summed E-state index contributed by atoms with van der Waals surface area (Å²) < 4.78 is 32.8. The second-order valence-electron chi connectivity index (χ2n) is 9.68. The molecule has 1 aliphatic rings. The lowest BCUT2D eigenvalue weighted by Crippen LogP contribution is -2.41. The smallest absolute Gasteiger partial charge is 0.409 e. The molecule has 39 heavy (non-hydrogen) atoms. The number of carbonyl (C=O) groups excluding carboxylic acids is 1. The number of fused-ring (bicyclic) bond motifs is 2. The zero-order chi connectivity index (χ0) is 27.2. The van der Waals surface area contributed by atoms with Crippen molar-refractivity contribution < 1.29 is 17.9 Å². The lowest BCUT2D eigenvalue weighted by molar-refractivity contribution is 0.149. The van der Waals surface area contributed by atoms with Crippen molar-refractivity contribution in [2.75, 3.05) is 5.32 Å². The Morgan fingerprint density at radius 1 is 1.03 bits per heavy atom. The third kappa shape index (κ3) is 4.53. The number of benzene rings is 3. The van der Waals surface area contributed by atoms with Crippen molar-refractivity contribution in [1.29, 1.82) is 0 Å². The second-order valence-corrected chi connectivity index (χ2v) is 11.5. The van der Waals surface area contributed by atoms with Gasteiger partial charge in [-0.2, -0.15) is 0 Å². The maximum absolute atomic E-state index is 13.1. The van der Waals surface area contributed by atoms with Gasteiger partial charge in [-0.05, 0) is 68.4 Å². The van der Waals surface area contributed by atoms with E-state index in [1.165, 1.54) is 10.3 Å². The molecule has 9 nitrogen and oxygen atoms in total. The van der Waals surface area contributed by atoms with E-state index in [1.54, 1.807) is 54.7 Å². The highest BCUT2D eigenvalue weighted by Crippen LogP contribution is 2.28. The summed E-state index contributed by atoms with van der Waals surface area (Å²) >= 11 is 0. The summed E-state index contributed by atoms with van der Waals surface area (Å²) in [5, 5.41) is 7.59. The summed E-state index contributed by atoms with van der Waals surface area (Å²) in [6, 6.07) is 21.1. The summed E-state index contributed by atoms with van der Waals surface area (Å²) in [7, 11) is -3.72. The van der Waals surface area contributed by atoms with Crippen LogP contribution in [0.1, 0.15) is 19.4 Å². The fourth-order valence-corrected chi connectivity index (χ4v) is 5.83. The predicted molar refractivity (Wildman–Crippen MR) is 148 cm³/mol. The molecule has 10 heteroatoms. The average molecular weight is 538 g/mol. The molecule has 0 saturated carbocycles. The van der Waals surface area contributed by atoms with E-state index >= 15 is 0 Å². The maximum Gasteiger partial charge on any atom is 0.409 e. The van der Waals surface area contributed by atoms with Crippen LogP contribution in [0.3, 0.4) is 0 Å². The molecule has 1 fully saturated rings. The number of alkyl carbamates (subject to hydrolysis) is 1. The molecule has 2 N–H and O–H groups in total. The van der Waals surface area contributed by atoms with Crippen molar-refractivity contribution in [1.82, 2.24) is 19.3 Å². The Kier molecular flexibility index (Phi) is 5.74. The molecule has 0 bridgehead atoms. The molecule has 0 radical (unpaired) electrons. The molecule has 1 aliphatic heterocycles. The van der Waals surface area contributed by atoms with Crippen molar-refractivity contribution in [2.24, 2.45) is 0 Å². The van der Waals surface area contributed by atoms with Crippen LogP contribution in [0.15, 0.2) is 90.2 Å². The Morgan fingerprint density at radius 2 is 1.85 bits per heavy atom. The number of cyclic esters (lactones) is 1. The van der Waals surface area contributed by atoms with E-state index < -0.39 is 27.8 Å².